The third-order valence-electron chi connectivity index (χ3n) is 7.76. The maximum atomic E-state index is 12.9. The quantitative estimate of drug-likeness (QED) is 0.574. The van der Waals surface area contributed by atoms with Gasteiger partial charge >= 0.3 is 12.1 Å². The molecule has 0 radical (unpaired) electrons. The summed E-state index contributed by atoms with van der Waals surface area (Å²) < 4.78 is 37.9. The molecule has 5 rings (SSSR count). The molecule has 2 saturated heterocycles. The van der Waals surface area contributed by atoms with Crippen molar-refractivity contribution in [3.05, 3.63) is 12.2 Å². The van der Waals surface area contributed by atoms with Crippen molar-refractivity contribution in [2.45, 2.75) is 51.1 Å². The Hall–Kier alpha value is -1.61. The lowest BCUT2D eigenvalue weighted by molar-refractivity contribution is -0.192. The highest BCUT2D eigenvalue weighted by Gasteiger charge is 2.52. The third kappa shape index (κ3) is 6.50. The zero-order valence-corrected chi connectivity index (χ0v) is 19.1. The van der Waals surface area contributed by atoms with Crippen LogP contribution >= 0.6 is 0 Å². The second-order valence-electron chi connectivity index (χ2n) is 10.6. The molecule has 2 aliphatic heterocycles. The van der Waals surface area contributed by atoms with E-state index in [-0.39, 0.29) is 5.92 Å². The van der Waals surface area contributed by atoms with E-state index in [1.165, 1.54) is 51.7 Å². The molecule has 2 atom stereocenters. The van der Waals surface area contributed by atoms with Crippen LogP contribution in [-0.2, 0) is 14.3 Å². The highest BCUT2D eigenvalue weighted by atomic mass is 19.4. The monoisotopic (exact) mass is 472 g/mol. The summed E-state index contributed by atoms with van der Waals surface area (Å²) in [7, 11) is 0. The van der Waals surface area contributed by atoms with Crippen molar-refractivity contribution >= 4 is 11.9 Å². The minimum Gasteiger partial charge on any atom is -0.475 e. The lowest BCUT2D eigenvalue weighted by atomic mass is 9.77. The minimum absolute atomic E-state index is 0.221. The van der Waals surface area contributed by atoms with Gasteiger partial charge in [0.25, 0.3) is 0 Å². The summed E-state index contributed by atoms with van der Waals surface area (Å²) in [5.41, 5.74) is 0.292. The normalized spacial score (nSPS) is 30.2. The molecule has 0 unspecified atom stereocenters. The van der Waals surface area contributed by atoms with Crippen molar-refractivity contribution in [1.29, 1.82) is 0 Å². The number of aliphatic carboxylic acids is 1. The average Bonchev–Trinajstić information content (AvgIpc) is 3.61. The molecule has 1 amide bonds. The molecule has 186 valence electrons. The van der Waals surface area contributed by atoms with E-state index in [0.717, 1.165) is 51.0 Å². The van der Waals surface area contributed by atoms with Gasteiger partial charge in [-0.2, -0.15) is 13.2 Å². The zero-order valence-electron chi connectivity index (χ0n) is 19.1. The number of carbonyl (C=O) groups is 2. The Balaban J connectivity index is 0.000000325. The van der Waals surface area contributed by atoms with E-state index in [2.05, 4.69) is 22.0 Å². The summed E-state index contributed by atoms with van der Waals surface area (Å²) in [4.78, 5) is 26.7. The van der Waals surface area contributed by atoms with Gasteiger partial charge in [0.1, 0.15) is 0 Å². The Bertz CT molecular complexity index is 742. The van der Waals surface area contributed by atoms with Crippen molar-refractivity contribution in [2.24, 2.45) is 29.1 Å². The number of hydrogen-bond donors (Lipinski definition) is 1. The zero-order chi connectivity index (χ0) is 23.6. The number of carbonyl (C=O) groups excluding carboxylic acids is 1. The summed E-state index contributed by atoms with van der Waals surface area (Å²) in [5.74, 6) is 0.268. The van der Waals surface area contributed by atoms with Crippen LogP contribution in [0.25, 0.3) is 0 Å². The molecule has 1 N–H and O–H groups in total. The van der Waals surface area contributed by atoms with Crippen LogP contribution in [0.5, 0.6) is 0 Å². The van der Waals surface area contributed by atoms with Crippen LogP contribution in [0.3, 0.4) is 0 Å². The summed E-state index contributed by atoms with van der Waals surface area (Å²) >= 11 is 0. The summed E-state index contributed by atoms with van der Waals surface area (Å²) in [6.45, 7) is 7.46. The second kappa shape index (κ2) is 9.94. The highest BCUT2D eigenvalue weighted by molar-refractivity contribution is 5.80. The molecule has 9 heteroatoms. The number of rotatable bonds is 7. The molecule has 0 aromatic rings. The van der Waals surface area contributed by atoms with Crippen molar-refractivity contribution in [1.82, 2.24) is 9.80 Å². The number of carboxylic acids is 1. The number of carboxylic acid groups (broad SMARTS) is 1. The van der Waals surface area contributed by atoms with Gasteiger partial charge in [0, 0.05) is 56.6 Å². The van der Waals surface area contributed by atoms with Crippen LogP contribution in [0.1, 0.15) is 44.9 Å². The smallest absolute Gasteiger partial charge is 0.475 e. The number of allylic oxidation sites excluding steroid dienone is 2. The van der Waals surface area contributed by atoms with E-state index in [1.807, 2.05) is 0 Å². The van der Waals surface area contributed by atoms with Gasteiger partial charge in [0.2, 0.25) is 5.91 Å². The Morgan fingerprint density at radius 3 is 2.24 bits per heavy atom. The lowest BCUT2D eigenvalue weighted by Gasteiger charge is -2.31. The van der Waals surface area contributed by atoms with Gasteiger partial charge in [-0.05, 0) is 56.8 Å². The van der Waals surface area contributed by atoms with Gasteiger partial charge in [0.15, 0.2) is 0 Å². The summed E-state index contributed by atoms with van der Waals surface area (Å²) in [6.07, 6.45) is 7.91. The van der Waals surface area contributed by atoms with Gasteiger partial charge in [-0.1, -0.05) is 12.2 Å². The van der Waals surface area contributed by atoms with Gasteiger partial charge in [-0.15, -0.1) is 0 Å². The van der Waals surface area contributed by atoms with Crippen molar-refractivity contribution < 1.29 is 32.6 Å². The first-order valence-corrected chi connectivity index (χ1v) is 12.2. The molecule has 6 nitrogen and oxygen atoms in total. The average molecular weight is 473 g/mol. The summed E-state index contributed by atoms with van der Waals surface area (Å²) in [5, 5.41) is 7.12. The van der Waals surface area contributed by atoms with E-state index in [0.29, 0.717) is 17.2 Å². The number of alkyl halides is 3. The molecule has 33 heavy (non-hydrogen) atoms. The number of amides is 1. The first-order valence-electron chi connectivity index (χ1n) is 12.2. The molecule has 3 aliphatic carbocycles. The van der Waals surface area contributed by atoms with Gasteiger partial charge in [0.05, 0.1) is 6.61 Å². The van der Waals surface area contributed by atoms with E-state index >= 15 is 0 Å². The molecule has 0 bridgehead atoms. The van der Waals surface area contributed by atoms with Crippen LogP contribution in [-0.4, -0.2) is 78.9 Å². The molecule has 5 aliphatic rings. The molecule has 0 aromatic carbocycles. The fourth-order valence-electron chi connectivity index (χ4n) is 5.46. The Morgan fingerprint density at radius 1 is 1.03 bits per heavy atom. The van der Waals surface area contributed by atoms with E-state index in [1.54, 1.807) is 0 Å². The number of nitrogens with zero attached hydrogens (tertiary/aromatic N) is 2. The van der Waals surface area contributed by atoms with E-state index in [9.17, 15) is 18.0 Å². The number of halogens is 3. The lowest BCUT2D eigenvalue weighted by Crippen LogP contribution is -2.40. The molecule has 0 aromatic heterocycles. The van der Waals surface area contributed by atoms with Gasteiger partial charge in [-0.25, -0.2) is 4.79 Å². The van der Waals surface area contributed by atoms with Crippen molar-refractivity contribution in [3.63, 3.8) is 0 Å². The predicted octanol–water partition coefficient (Wildman–Crippen LogP) is 3.57. The predicted molar refractivity (Wildman–Crippen MR) is 115 cm³/mol. The van der Waals surface area contributed by atoms with Crippen LogP contribution in [0.15, 0.2) is 12.2 Å². The van der Waals surface area contributed by atoms with Crippen molar-refractivity contribution in [3.8, 4) is 0 Å². The fraction of sp³-hybridized carbons (Fsp3) is 0.833. The van der Waals surface area contributed by atoms with Crippen LogP contribution < -0.4 is 0 Å². The van der Waals surface area contributed by atoms with Gasteiger partial charge in [-0.3, -0.25) is 4.79 Å². The highest BCUT2D eigenvalue weighted by Crippen LogP contribution is 2.46. The van der Waals surface area contributed by atoms with Gasteiger partial charge < -0.3 is 19.6 Å². The second-order valence-corrected chi connectivity index (χ2v) is 10.6. The van der Waals surface area contributed by atoms with Crippen LogP contribution in [0.4, 0.5) is 13.2 Å². The molecule has 4 fully saturated rings. The SMILES string of the molecule is O=C(C1CC=CC1)N1CC[C@@]2(CN(CC3CC3)C[C@H]2COCC2CC2)C1.O=C(O)C(F)(F)F. The minimum atomic E-state index is -5.08. The van der Waals surface area contributed by atoms with Crippen LogP contribution in [0, 0.1) is 29.1 Å². The Morgan fingerprint density at radius 2 is 1.67 bits per heavy atom. The first kappa shape index (κ1) is 24.5. The number of likely N-dealkylation sites (tertiary alicyclic amines) is 2. The molecular weight excluding hydrogens is 437 g/mol. The Labute approximate surface area is 193 Å². The molecule has 2 saturated carbocycles. The first-order chi connectivity index (χ1) is 15.7. The molecular formula is C24H35F3N2O4. The standard InChI is InChI=1S/C22H34N2O2.C2HF3O2/c25-21(19-3-1-2-4-19)24-10-9-22(16-24)15-23(11-17-5-6-17)12-20(22)14-26-13-18-7-8-18;3-2(4,5)1(6)7/h1-2,17-20H,3-16H2;(H,6,7)/t20-,22+;/m0./s1. The van der Waals surface area contributed by atoms with Crippen molar-refractivity contribution in [2.75, 3.05) is 45.9 Å². The molecule has 1 spiro atoms. The Kier molecular flexibility index (Phi) is 7.38. The van der Waals surface area contributed by atoms with E-state index in [4.69, 9.17) is 14.6 Å². The number of hydrogen-bond acceptors (Lipinski definition) is 4. The summed E-state index contributed by atoms with van der Waals surface area (Å²) in [6, 6.07) is 0. The largest absolute Gasteiger partial charge is 0.490 e. The maximum absolute atomic E-state index is 12.9. The maximum Gasteiger partial charge on any atom is 0.490 e. The van der Waals surface area contributed by atoms with E-state index < -0.39 is 12.1 Å². The van der Waals surface area contributed by atoms with Crippen LogP contribution in [0.2, 0.25) is 0 Å². The number of ether oxygens (including phenoxy) is 1. The molecule has 2 heterocycles. The third-order valence-corrected chi connectivity index (χ3v) is 7.76. The topological polar surface area (TPSA) is 70.1 Å². The fourth-order valence-corrected chi connectivity index (χ4v) is 5.46.